The molecule has 3 nitrogen and oxygen atoms in total. The van der Waals surface area contributed by atoms with E-state index in [4.69, 9.17) is 4.74 Å². The van der Waals surface area contributed by atoms with Gasteiger partial charge in [-0.2, -0.15) is 0 Å². The second-order valence-electron chi connectivity index (χ2n) is 6.65. The topological polar surface area (TPSA) is 29.5 Å². The number of hydrogen-bond acceptors (Lipinski definition) is 3. The Kier molecular flexibility index (Phi) is 4.48. The van der Waals surface area contributed by atoms with Crippen molar-refractivity contribution in [2.24, 2.45) is 0 Å². The predicted octanol–water partition coefficient (Wildman–Crippen LogP) is 3.30. The van der Waals surface area contributed by atoms with Crippen LogP contribution >= 0.6 is 0 Å². The molecular formula is C17H25NO2. The number of likely N-dealkylation sites (tertiary alicyclic amines) is 1. The summed E-state index contributed by atoms with van der Waals surface area (Å²) in [5.74, 6) is -0.0809. The maximum absolute atomic E-state index is 12.3. The van der Waals surface area contributed by atoms with Gasteiger partial charge in [-0.1, -0.05) is 29.8 Å². The lowest BCUT2D eigenvalue weighted by Crippen LogP contribution is -2.40. The minimum absolute atomic E-state index is 0.0809. The quantitative estimate of drug-likeness (QED) is 0.793. The zero-order chi connectivity index (χ0) is 14.8. The molecule has 0 aliphatic carbocycles. The molecule has 1 saturated heterocycles. The number of esters is 1. The average Bonchev–Trinajstić information content (AvgIpc) is 2.75. The van der Waals surface area contributed by atoms with Gasteiger partial charge in [0, 0.05) is 6.54 Å². The molecule has 1 atom stereocenters. The lowest BCUT2D eigenvalue weighted by Gasteiger charge is -2.27. The molecule has 1 aromatic rings. The molecule has 0 N–H and O–H groups in total. The van der Waals surface area contributed by atoms with Crippen LogP contribution in [0.3, 0.4) is 0 Å². The number of carbonyl (C=O) groups excluding carboxylic acids is 1. The monoisotopic (exact) mass is 275 g/mol. The summed E-state index contributed by atoms with van der Waals surface area (Å²) in [4.78, 5) is 14.5. The number of ether oxygens (including phenoxy) is 1. The number of nitrogens with zero attached hydrogens (tertiary/aromatic N) is 1. The first-order valence-electron chi connectivity index (χ1n) is 7.37. The van der Waals surface area contributed by atoms with Crippen molar-refractivity contribution in [2.45, 2.75) is 58.7 Å². The highest BCUT2D eigenvalue weighted by atomic mass is 16.6. The van der Waals surface area contributed by atoms with Crippen molar-refractivity contribution in [3.8, 4) is 0 Å². The van der Waals surface area contributed by atoms with Gasteiger partial charge in [-0.05, 0) is 52.6 Å². The molecule has 110 valence electrons. The van der Waals surface area contributed by atoms with Crippen LogP contribution in [0.5, 0.6) is 0 Å². The number of benzene rings is 1. The fourth-order valence-electron chi connectivity index (χ4n) is 2.70. The molecule has 1 heterocycles. The Morgan fingerprint density at radius 3 is 2.80 bits per heavy atom. The van der Waals surface area contributed by atoms with Gasteiger partial charge in [-0.15, -0.1) is 0 Å². The van der Waals surface area contributed by atoms with Crippen molar-refractivity contribution in [2.75, 3.05) is 6.54 Å². The van der Waals surface area contributed by atoms with E-state index < -0.39 is 5.60 Å². The molecule has 20 heavy (non-hydrogen) atoms. The molecule has 1 aromatic carbocycles. The molecule has 0 unspecified atom stereocenters. The van der Waals surface area contributed by atoms with Crippen molar-refractivity contribution < 1.29 is 9.53 Å². The van der Waals surface area contributed by atoms with Crippen molar-refractivity contribution in [1.29, 1.82) is 0 Å². The normalized spacial score (nSPS) is 20.1. The molecule has 0 spiro atoms. The summed E-state index contributed by atoms with van der Waals surface area (Å²) in [6, 6.07) is 8.39. The van der Waals surface area contributed by atoms with E-state index in [1.807, 2.05) is 20.8 Å². The summed E-state index contributed by atoms with van der Waals surface area (Å²) in [6.07, 6.45) is 1.97. The molecule has 0 amide bonds. The number of aryl methyl sites for hydroxylation is 1. The highest BCUT2D eigenvalue weighted by Crippen LogP contribution is 2.23. The van der Waals surface area contributed by atoms with Crippen LogP contribution in [0.15, 0.2) is 24.3 Å². The lowest BCUT2D eigenvalue weighted by atomic mass is 10.1. The minimum atomic E-state index is -0.408. The van der Waals surface area contributed by atoms with Gasteiger partial charge in [-0.3, -0.25) is 9.69 Å². The summed E-state index contributed by atoms with van der Waals surface area (Å²) in [5.41, 5.74) is 2.12. The maximum atomic E-state index is 12.3. The van der Waals surface area contributed by atoms with E-state index in [-0.39, 0.29) is 12.0 Å². The van der Waals surface area contributed by atoms with Crippen LogP contribution in [0.2, 0.25) is 0 Å². The van der Waals surface area contributed by atoms with Gasteiger partial charge in [0.25, 0.3) is 0 Å². The summed E-state index contributed by atoms with van der Waals surface area (Å²) in [5, 5.41) is 0. The third-order valence-electron chi connectivity index (χ3n) is 3.51. The summed E-state index contributed by atoms with van der Waals surface area (Å²) in [7, 11) is 0. The van der Waals surface area contributed by atoms with Gasteiger partial charge in [-0.25, -0.2) is 0 Å². The summed E-state index contributed by atoms with van der Waals surface area (Å²) >= 11 is 0. The summed E-state index contributed by atoms with van der Waals surface area (Å²) in [6.45, 7) is 9.66. The predicted molar refractivity (Wildman–Crippen MR) is 80.5 cm³/mol. The van der Waals surface area contributed by atoms with Crippen LogP contribution < -0.4 is 0 Å². The third kappa shape index (κ3) is 4.07. The minimum Gasteiger partial charge on any atom is -0.459 e. The van der Waals surface area contributed by atoms with Crippen LogP contribution in [0.25, 0.3) is 0 Å². The van der Waals surface area contributed by atoms with E-state index >= 15 is 0 Å². The van der Waals surface area contributed by atoms with E-state index in [2.05, 4.69) is 36.1 Å². The van der Waals surface area contributed by atoms with Gasteiger partial charge >= 0.3 is 5.97 Å². The molecule has 0 aromatic heterocycles. The molecular weight excluding hydrogens is 250 g/mol. The molecule has 2 rings (SSSR count). The van der Waals surface area contributed by atoms with E-state index in [1.54, 1.807) is 0 Å². The number of hydrogen-bond donors (Lipinski definition) is 0. The van der Waals surface area contributed by atoms with Crippen molar-refractivity contribution in [1.82, 2.24) is 4.90 Å². The van der Waals surface area contributed by atoms with Crippen molar-refractivity contribution in [3.05, 3.63) is 35.4 Å². The average molecular weight is 275 g/mol. The zero-order valence-corrected chi connectivity index (χ0v) is 13.0. The fourth-order valence-corrected chi connectivity index (χ4v) is 2.70. The van der Waals surface area contributed by atoms with Gasteiger partial charge in [0.1, 0.15) is 11.6 Å². The first kappa shape index (κ1) is 15.0. The van der Waals surface area contributed by atoms with Crippen molar-refractivity contribution >= 4 is 5.97 Å². The largest absolute Gasteiger partial charge is 0.459 e. The smallest absolute Gasteiger partial charge is 0.323 e. The Balaban J connectivity index is 2.02. The van der Waals surface area contributed by atoms with E-state index in [0.29, 0.717) is 0 Å². The second-order valence-corrected chi connectivity index (χ2v) is 6.65. The van der Waals surface area contributed by atoms with Gasteiger partial charge in [0.15, 0.2) is 0 Å². The highest BCUT2D eigenvalue weighted by molar-refractivity contribution is 5.76. The van der Waals surface area contributed by atoms with Gasteiger partial charge < -0.3 is 4.74 Å². The summed E-state index contributed by atoms with van der Waals surface area (Å²) < 4.78 is 5.53. The van der Waals surface area contributed by atoms with Gasteiger partial charge in [0.05, 0.1) is 0 Å². The Hall–Kier alpha value is -1.35. The highest BCUT2D eigenvalue weighted by Gasteiger charge is 2.33. The molecule has 1 fully saturated rings. The lowest BCUT2D eigenvalue weighted by molar-refractivity contribution is -0.160. The van der Waals surface area contributed by atoms with E-state index in [9.17, 15) is 4.79 Å². The Morgan fingerprint density at radius 2 is 2.15 bits per heavy atom. The maximum Gasteiger partial charge on any atom is 0.323 e. The second kappa shape index (κ2) is 5.96. The number of rotatable bonds is 3. The van der Waals surface area contributed by atoms with E-state index in [1.165, 1.54) is 11.1 Å². The molecule has 0 radical (unpaired) electrons. The molecule has 0 bridgehead atoms. The SMILES string of the molecule is Cc1cccc(CN2CCC[C@@H]2C(=O)OC(C)(C)C)c1. The van der Waals surface area contributed by atoms with E-state index in [0.717, 1.165) is 25.9 Å². The zero-order valence-electron chi connectivity index (χ0n) is 13.0. The van der Waals surface area contributed by atoms with Crippen LogP contribution in [0.4, 0.5) is 0 Å². The van der Waals surface area contributed by atoms with Crippen LogP contribution in [-0.4, -0.2) is 29.1 Å². The number of carbonyl (C=O) groups is 1. The Bertz CT molecular complexity index is 476. The van der Waals surface area contributed by atoms with Crippen molar-refractivity contribution in [3.63, 3.8) is 0 Å². The standard InChI is InChI=1S/C17H25NO2/c1-13-7-5-8-14(11-13)12-18-10-6-9-15(18)16(19)20-17(2,3)4/h5,7-8,11,15H,6,9-10,12H2,1-4H3/t15-/m1/s1. The third-order valence-corrected chi connectivity index (χ3v) is 3.51. The van der Waals surface area contributed by atoms with Crippen LogP contribution in [-0.2, 0) is 16.1 Å². The Labute approximate surface area is 121 Å². The molecule has 3 heteroatoms. The molecule has 0 saturated carbocycles. The fraction of sp³-hybridized carbons (Fsp3) is 0.588. The van der Waals surface area contributed by atoms with Crippen LogP contribution in [0, 0.1) is 6.92 Å². The van der Waals surface area contributed by atoms with Crippen LogP contribution in [0.1, 0.15) is 44.7 Å². The molecule has 1 aliphatic rings. The first-order valence-corrected chi connectivity index (χ1v) is 7.37. The van der Waals surface area contributed by atoms with Gasteiger partial charge in [0.2, 0.25) is 0 Å². The first-order chi connectivity index (χ1) is 9.35. The Morgan fingerprint density at radius 1 is 1.40 bits per heavy atom. The molecule has 1 aliphatic heterocycles.